The molecular formula is C12H8BrIN2OS. The highest BCUT2D eigenvalue weighted by atomic mass is 127. The van der Waals surface area contributed by atoms with Gasteiger partial charge in [-0.05, 0) is 74.9 Å². The number of hydrazone groups is 1. The summed E-state index contributed by atoms with van der Waals surface area (Å²) in [5.41, 5.74) is 3.09. The Bertz CT molecular complexity index is 580. The molecule has 2 aromatic rings. The predicted octanol–water partition coefficient (Wildman–Crippen LogP) is 3.88. The van der Waals surface area contributed by atoms with E-state index in [0.29, 0.717) is 5.56 Å². The van der Waals surface area contributed by atoms with Crippen molar-refractivity contribution < 1.29 is 4.79 Å². The fraction of sp³-hybridized carbons (Fsp3) is 0. The smallest absolute Gasteiger partial charge is 0.267 e. The summed E-state index contributed by atoms with van der Waals surface area (Å²) in [6.07, 6.45) is 1.63. The summed E-state index contributed by atoms with van der Waals surface area (Å²) in [4.78, 5) is 12.7. The number of thiophene rings is 1. The van der Waals surface area contributed by atoms with Gasteiger partial charge in [-0.3, -0.25) is 4.79 Å². The number of hydrogen-bond acceptors (Lipinski definition) is 3. The van der Waals surface area contributed by atoms with E-state index < -0.39 is 0 Å². The molecule has 2 rings (SSSR count). The second-order valence-electron chi connectivity index (χ2n) is 3.35. The SMILES string of the molecule is O=C(N/N=C\c1ccc(Br)s1)c1ccc(I)cc1. The summed E-state index contributed by atoms with van der Waals surface area (Å²) in [5.74, 6) is -0.210. The number of nitrogens with one attached hydrogen (secondary N) is 1. The summed E-state index contributed by atoms with van der Waals surface area (Å²) >= 11 is 7.11. The Labute approximate surface area is 131 Å². The lowest BCUT2D eigenvalue weighted by molar-refractivity contribution is 0.0955. The first kappa shape index (κ1) is 13.7. The van der Waals surface area contributed by atoms with Crippen LogP contribution in [0, 0.1) is 3.57 Å². The number of amides is 1. The van der Waals surface area contributed by atoms with E-state index in [9.17, 15) is 4.79 Å². The molecule has 0 fully saturated rings. The molecule has 1 amide bonds. The van der Waals surface area contributed by atoms with Crippen LogP contribution in [0.3, 0.4) is 0 Å². The maximum absolute atomic E-state index is 11.7. The van der Waals surface area contributed by atoms with E-state index in [1.807, 2.05) is 24.3 Å². The second-order valence-corrected chi connectivity index (χ2v) is 7.09. The van der Waals surface area contributed by atoms with Gasteiger partial charge < -0.3 is 0 Å². The third kappa shape index (κ3) is 3.89. The van der Waals surface area contributed by atoms with E-state index in [1.54, 1.807) is 29.7 Å². The summed E-state index contributed by atoms with van der Waals surface area (Å²) in [5, 5.41) is 3.92. The van der Waals surface area contributed by atoms with E-state index in [2.05, 4.69) is 49.0 Å². The van der Waals surface area contributed by atoms with Gasteiger partial charge in [-0.2, -0.15) is 5.10 Å². The maximum Gasteiger partial charge on any atom is 0.271 e. The van der Waals surface area contributed by atoms with Crippen molar-refractivity contribution in [1.82, 2.24) is 5.43 Å². The van der Waals surface area contributed by atoms with Crippen molar-refractivity contribution in [2.75, 3.05) is 0 Å². The molecule has 0 spiro atoms. The Morgan fingerprint density at radius 1 is 1.28 bits per heavy atom. The zero-order chi connectivity index (χ0) is 13.0. The molecule has 0 saturated carbocycles. The lowest BCUT2D eigenvalue weighted by atomic mass is 10.2. The minimum absolute atomic E-state index is 0.210. The molecule has 18 heavy (non-hydrogen) atoms. The van der Waals surface area contributed by atoms with Gasteiger partial charge in [0.15, 0.2) is 0 Å². The molecule has 1 N–H and O–H groups in total. The lowest BCUT2D eigenvalue weighted by Gasteiger charge is -1.99. The third-order valence-corrected chi connectivity index (χ3v) is 4.34. The average molecular weight is 435 g/mol. The quantitative estimate of drug-likeness (QED) is 0.444. The number of carbonyl (C=O) groups excluding carboxylic acids is 1. The van der Waals surface area contributed by atoms with Crippen LogP contribution in [-0.4, -0.2) is 12.1 Å². The lowest BCUT2D eigenvalue weighted by Crippen LogP contribution is -2.17. The van der Waals surface area contributed by atoms with E-state index in [-0.39, 0.29) is 5.91 Å². The van der Waals surface area contributed by atoms with Crippen LogP contribution < -0.4 is 5.43 Å². The molecule has 1 aromatic carbocycles. The van der Waals surface area contributed by atoms with E-state index >= 15 is 0 Å². The predicted molar refractivity (Wildman–Crippen MR) is 86.2 cm³/mol. The Morgan fingerprint density at radius 3 is 2.61 bits per heavy atom. The van der Waals surface area contributed by atoms with Crippen LogP contribution in [0.25, 0.3) is 0 Å². The van der Waals surface area contributed by atoms with Gasteiger partial charge >= 0.3 is 0 Å². The zero-order valence-electron chi connectivity index (χ0n) is 9.06. The first-order valence-electron chi connectivity index (χ1n) is 4.99. The molecule has 92 valence electrons. The topological polar surface area (TPSA) is 41.5 Å². The van der Waals surface area contributed by atoms with Crippen molar-refractivity contribution in [3.63, 3.8) is 0 Å². The molecule has 0 aliphatic rings. The highest BCUT2D eigenvalue weighted by molar-refractivity contribution is 14.1. The molecular weight excluding hydrogens is 427 g/mol. The number of benzene rings is 1. The van der Waals surface area contributed by atoms with Gasteiger partial charge in [0.05, 0.1) is 10.0 Å². The summed E-state index contributed by atoms with van der Waals surface area (Å²) in [7, 11) is 0. The number of nitrogens with zero attached hydrogens (tertiary/aromatic N) is 1. The van der Waals surface area contributed by atoms with Gasteiger partial charge in [0.2, 0.25) is 0 Å². The fourth-order valence-electron chi connectivity index (χ4n) is 1.22. The maximum atomic E-state index is 11.7. The monoisotopic (exact) mass is 434 g/mol. The third-order valence-electron chi connectivity index (χ3n) is 2.06. The standard InChI is InChI=1S/C12H8BrIN2OS/c13-11-6-5-10(18-11)7-15-16-12(17)8-1-3-9(14)4-2-8/h1-7H,(H,16,17)/b15-7-. The Hall–Kier alpha value is -0.730. The van der Waals surface area contributed by atoms with Crippen LogP contribution in [-0.2, 0) is 0 Å². The summed E-state index contributed by atoms with van der Waals surface area (Å²) < 4.78 is 2.13. The van der Waals surface area contributed by atoms with Crippen molar-refractivity contribution in [2.24, 2.45) is 5.10 Å². The minimum atomic E-state index is -0.210. The first-order valence-corrected chi connectivity index (χ1v) is 7.68. The van der Waals surface area contributed by atoms with E-state index in [4.69, 9.17) is 0 Å². The summed E-state index contributed by atoms with van der Waals surface area (Å²) in [6.45, 7) is 0. The van der Waals surface area contributed by atoms with Gasteiger partial charge in [-0.15, -0.1) is 11.3 Å². The van der Waals surface area contributed by atoms with E-state index in [1.165, 1.54) is 0 Å². The molecule has 0 saturated heterocycles. The minimum Gasteiger partial charge on any atom is -0.267 e. The average Bonchev–Trinajstić information content (AvgIpc) is 2.76. The Balaban J connectivity index is 1.96. The van der Waals surface area contributed by atoms with Gasteiger partial charge in [0.25, 0.3) is 5.91 Å². The molecule has 0 radical (unpaired) electrons. The highest BCUT2D eigenvalue weighted by Crippen LogP contribution is 2.20. The van der Waals surface area contributed by atoms with Crippen LogP contribution in [0.15, 0.2) is 45.3 Å². The molecule has 0 bridgehead atoms. The molecule has 1 heterocycles. The number of carbonyl (C=O) groups is 1. The molecule has 0 aliphatic carbocycles. The van der Waals surface area contributed by atoms with Crippen molar-refractivity contribution in [2.45, 2.75) is 0 Å². The van der Waals surface area contributed by atoms with Crippen molar-refractivity contribution in [3.05, 3.63) is 54.2 Å². The zero-order valence-corrected chi connectivity index (χ0v) is 13.6. The molecule has 0 atom stereocenters. The highest BCUT2D eigenvalue weighted by Gasteiger charge is 2.02. The second kappa shape index (κ2) is 6.44. The van der Waals surface area contributed by atoms with Crippen LogP contribution in [0.2, 0.25) is 0 Å². The van der Waals surface area contributed by atoms with Gasteiger partial charge in [-0.1, -0.05) is 0 Å². The molecule has 3 nitrogen and oxygen atoms in total. The Morgan fingerprint density at radius 2 is 2.00 bits per heavy atom. The van der Waals surface area contributed by atoms with Crippen molar-refractivity contribution in [3.8, 4) is 0 Å². The normalized spacial score (nSPS) is 10.8. The van der Waals surface area contributed by atoms with Crippen molar-refractivity contribution >= 4 is 62.0 Å². The number of rotatable bonds is 3. The largest absolute Gasteiger partial charge is 0.271 e. The number of halogens is 2. The first-order chi connectivity index (χ1) is 8.65. The van der Waals surface area contributed by atoms with Crippen LogP contribution in [0.1, 0.15) is 15.2 Å². The Kier molecular flexibility index (Phi) is 4.90. The van der Waals surface area contributed by atoms with Gasteiger partial charge in [0, 0.05) is 14.0 Å². The van der Waals surface area contributed by atoms with Crippen molar-refractivity contribution in [1.29, 1.82) is 0 Å². The summed E-state index contributed by atoms with van der Waals surface area (Å²) in [6, 6.07) is 11.2. The molecule has 0 aliphatic heterocycles. The molecule has 0 unspecified atom stereocenters. The van der Waals surface area contributed by atoms with Crippen LogP contribution in [0.5, 0.6) is 0 Å². The molecule has 6 heteroatoms. The van der Waals surface area contributed by atoms with E-state index in [0.717, 1.165) is 12.2 Å². The molecule has 1 aromatic heterocycles. The van der Waals surface area contributed by atoms with Gasteiger partial charge in [0.1, 0.15) is 0 Å². The fourth-order valence-corrected chi connectivity index (χ4v) is 2.87. The van der Waals surface area contributed by atoms with Gasteiger partial charge in [-0.25, -0.2) is 5.43 Å². The van der Waals surface area contributed by atoms with Crippen LogP contribution >= 0.6 is 49.9 Å². The van der Waals surface area contributed by atoms with Crippen LogP contribution in [0.4, 0.5) is 0 Å². The number of hydrogen-bond donors (Lipinski definition) is 1.